The van der Waals surface area contributed by atoms with Gasteiger partial charge in [0, 0.05) is 20.1 Å². The van der Waals surface area contributed by atoms with Gasteiger partial charge in [0.25, 0.3) is 0 Å². The summed E-state index contributed by atoms with van der Waals surface area (Å²) in [6, 6.07) is 4.15. The molecule has 146 valence electrons. The lowest BCUT2D eigenvalue weighted by molar-refractivity contribution is -0.128. The highest BCUT2D eigenvalue weighted by Crippen LogP contribution is 2.24. The molecule has 2 heterocycles. The summed E-state index contributed by atoms with van der Waals surface area (Å²) in [5, 5.41) is 9.38. The maximum Gasteiger partial charge on any atom is 0.227 e. The normalized spacial score (nSPS) is 17.2. The molecule has 0 spiro atoms. The lowest BCUT2D eigenvalue weighted by Crippen LogP contribution is -2.44. The van der Waals surface area contributed by atoms with Crippen LogP contribution in [0.1, 0.15) is 45.4 Å². The Morgan fingerprint density at radius 2 is 2.08 bits per heavy atom. The van der Waals surface area contributed by atoms with E-state index in [1.807, 2.05) is 32.9 Å². The van der Waals surface area contributed by atoms with E-state index in [4.69, 9.17) is 4.42 Å². The lowest BCUT2D eigenvalue weighted by Gasteiger charge is -2.27. The molecule has 0 bridgehead atoms. The van der Waals surface area contributed by atoms with E-state index in [0.717, 1.165) is 31.4 Å². The third-order valence-corrected chi connectivity index (χ3v) is 4.73. The van der Waals surface area contributed by atoms with Gasteiger partial charge in [-0.05, 0) is 58.8 Å². The molecule has 1 unspecified atom stereocenters. The SMILES string of the molecule is CCNC(=NCC(C)(C)C(=O)NC)NCC(c1ccco1)N1CCCC1. The maximum atomic E-state index is 12.0. The van der Waals surface area contributed by atoms with Crippen molar-refractivity contribution in [3.63, 3.8) is 0 Å². The second-order valence-corrected chi connectivity index (χ2v) is 7.31. The Morgan fingerprint density at radius 3 is 2.65 bits per heavy atom. The number of aliphatic imine (C=N–C) groups is 1. The molecule has 1 saturated heterocycles. The molecule has 0 saturated carbocycles. The number of hydrogen-bond donors (Lipinski definition) is 3. The Morgan fingerprint density at radius 1 is 1.35 bits per heavy atom. The topological polar surface area (TPSA) is 81.9 Å². The van der Waals surface area contributed by atoms with Crippen LogP contribution >= 0.6 is 0 Å². The number of carbonyl (C=O) groups is 1. The molecular weight excluding hydrogens is 330 g/mol. The zero-order valence-electron chi connectivity index (χ0n) is 16.5. The number of likely N-dealkylation sites (tertiary alicyclic amines) is 1. The van der Waals surface area contributed by atoms with Crippen molar-refractivity contribution in [3.05, 3.63) is 24.2 Å². The van der Waals surface area contributed by atoms with E-state index in [9.17, 15) is 4.79 Å². The molecule has 26 heavy (non-hydrogen) atoms. The molecule has 1 aliphatic rings. The molecule has 3 N–H and O–H groups in total. The van der Waals surface area contributed by atoms with Crippen molar-refractivity contribution in [2.24, 2.45) is 10.4 Å². The monoisotopic (exact) mass is 363 g/mol. The van der Waals surface area contributed by atoms with Crippen molar-refractivity contribution in [1.82, 2.24) is 20.9 Å². The van der Waals surface area contributed by atoms with Crippen molar-refractivity contribution >= 4 is 11.9 Å². The van der Waals surface area contributed by atoms with E-state index in [-0.39, 0.29) is 11.9 Å². The predicted molar refractivity (Wildman–Crippen MR) is 104 cm³/mol. The van der Waals surface area contributed by atoms with Crippen LogP contribution in [-0.4, -0.2) is 56.5 Å². The first kappa shape index (κ1) is 20.3. The van der Waals surface area contributed by atoms with Gasteiger partial charge in [-0.1, -0.05) is 0 Å². The van der Waals surface area contributed by atoms with Gasteiger partial charge in [-0.15, -0.1) is 0 Å². The number of amides is 1. The van der Waals surface area contributed by atoms with Gasteiger partial charge >= 0.3 is 0 Å². The molecule has 1 aromatic rings. The highest BCUT2D eigenvalue weighted by atomic mass is 16.3. The van der Waals surface area contributed by atoms with Crippen molar-refractivity contribution in [2.75, 3.05) is 39.8 Å². The van der Waals surface area contributed by atoms with E-state index in [1.165, 1.54) is 12.8 Å². The van der Waals surface area contributed by atoms with Gasteiger partial charge in [0.2, 0.25) is 5.91 Å². The minimum absolute atomic E-state index is 0.0115. The number of nitrogens with zero attached hydrogens (tertiary/aromatic N) is 2. The minimum atomic E-state index is -0.549. The van der Waals surface area contributed by atoms with E-state index in [2.05, 4.69) is 25.8 Å². The second-order valence-electron chi connectivity index (χ2n) is 7.31. The van der Waals surface area contributed by atoms with Gasteiger partial charge in [0.1, 0.15) is 5.76 Å². The second kappa shape index (κ2) is 9.62. The summed E-state index contributed by atoms with van der Waals surface area (Å²) in [4.78, 5) is 19.0. The number of furan rings is 1. The Hall–Kier alpha value is -2.02. The first-order chi connectivity index (χ1) is 12.5. The molecule has 1 aromatic heterocycles. The van der Waals surface area contributed by atoms with Crippen LogP contribution < -0.4 is 16.0 Å². The molecule has 2 rings (SSSR count). The standard InChI is InChI=1S/C19H33N5O2/c1-5-21-18(23-14-19(2,3)17(25)20-4)22-13-15(16-9-8-12-26-16)24-10-6-7-11-24/h8-9,12,15H,5-7,10-11,13-14H2,1-4H3,(H,20,25)(H2,21,22,23). The number of guanidine groups is 1. The quantitative estimate of drug-likeness (QED) is 0.484. The van der Waals surface area contributed by atoms with Crippen molar-refractivity contribution in [3.8, 4) is 0 Å². The Kier molecular flexibility index (Phi) is 7.50. The van der Waals surface area contributed by atoms with E-state index < -0.39 is 5.41 Å². The molecule has 7 nitrogen and oxygen atoms in total. The minimum Gasteiger partial charge on any atom is -0.468 e. The number of carbonyl (C=O) groups excluding carboxylic acids is 1. The van der Waals surface area contributed by atoms with Crippen LogP contribution in [0.4, 0.5) is 0 Å². The summed E-state index contributed by atoms with van der Waals surface area (Å²) in [6.07, 6.45) is 4.18. The Bertz CT molecular complexity index is 577. The predicted octanol–water partition coefficient (Wildman–Crippen LogP) is 1.74. The van der Waals surface area contributed by atoms with Crippen LogP contribution in [0.3, 0.4) is 0 Å². The van der Waals surface area contributed by atoms with Crippen molar-refractivity contribution in [2.45, 2.75) is 39.7 Å². The first-order valence-corrected chi connectivity index (χ1v) is 9.49. The van der Waals surface area contributed by atoms with Crippen LogP contribution in [0, 0.1) is 5.41 Å². The van der Waals surface area contributed by atoms with Crippen LogP contribution in [0.2, 0.25) is 0 Å². The van der Waals surface area contributed by atoms with Crippen LogP contribution in [0.25, 0.3) is 0 Å². The third-order valence-electron chi connectivity index (χ3n) is 4.73. The van der Waals surface area contributed by atoms with Gasteiger partial charge < -0.3 is 20.4 Å². The van der Waals surface area contributed by atoms with Crippen molar-refractivity contribution in [1.29, 1.82) is 0 Å². The smallest absolute Gasteiger partial charge is 0.227 e. The van der Waals surface area contributed by atoms with Crippen LogP contribution in [-0.2, 0) is 4.79 Å². The highest BCUT2D eigenvalue weighted by Gasteiger charge is 2.27. The van der Waals surface area contributed by atoms with E-state index in [1.54, 1.807) is 13.3 Å². The zero-order chi connectivity index (χ0) is 19.0. The average Bonchev–Trinajstić information content (AvgIpc) is 3.33. The first-order valence-electron chi connectivity index (χ1n) is 9.49. The molecule has 7 heteroatoms. The fourth-order valence-electron chi connectivity index (χ4n) is 3.17. The van der Waals surface area contributed by atoms with Crippen LogP contribution in [0.5, 0.6) is 0 Å². The van der Waals surface area contributed by atoms with E-state index >= 15 is 0 Å². The molecule has 0 aromatic carbocycles. The molecule has 1 fully saturated rings. The lowest BCUT2D eigenvalue weighted by atomic mass is 9.93. The zero-order valence-corrected chi connectivity index (χ0v) is 16.5. The number of nitrogens with one attached hydrogen (secondary N) is 3. The maximum absolute atomic E-state index is 12.0. The third kappa shape index (κ3) is 5.49. The molecule has 0 radical (unpaired) electrons. The molecule has 1 amide bonds. The summed E-state index contributed by atoms with van der Waals surface area (Å²) in [7, 11) is 1.65. The summed E-state index contributed by atoms with van der Waals surface area (Å²) >= 11 is 0. The average molecular weight is 364 g/mol. The molecule has 0 aliphatic carbocycles. The van der Waals surface area contributed by atoms with Gasteiger partial charge in [-0.2, -0.15) is 0 Å². The van der Waals surface area contributed by atoms with Gasteiger partial charge in [0.05, 0.1) is 24.3 Å². The van der Waals surface area contributed by atoms with Gasteiger partial charge in [-0.3, -0.25) is 14.7 Å². The summed E-state index contributed by atoms with van der Waals surface area (Å²) in [5.41, 5.74) is -0.549. The van der Waals surface area contributed by atoms with Crippen LogP contribution in [0.15, 0.2) is 27.8 Å². The summed E-state index contributed by atoms with van der Waals surface area (Å²) in [5.74, 6) is 1.68. The van der Waals surface area contributed by atoms with Gasteiger partial charge in [-0.25, -0.2) is 0 Å². The van der Waals surface area contributed by atoms with Gasteiger partial charge in [0.15, 0.2) is 5.96 Å². The molecular formula is C19H33N5O2. The molecule has 1 aliphatic heterocycles. The fraction of sp³-hybridized carbons (Fsp3) is 0.684. The Balaban J connectivity index is 2.03. The largest absolute Gasteiger partial charge is 0.468 e. The molecule has 1 atom stereocenters. The van der Waals surface area contributed by atoms with Crippen molar-refractivity contribution < 1.29 is 9.21 Å². The fourth-order valence-corrected chi connectivity index (χ4v) is 3.17. The summed E-state index contributed by atoms with van der Waals surface area (Å²) < 4.78 is 5.67. The number of rotatable bonds is 8. The van der Waals surface area contributed by atoms with E-state index in [0.29, 0.717) is 13.1 Å². The Labute approximate surface area is 156 Å². The summed E-state index contributed by atoms with van der Waals surface area (Å²) in [6.45, 7) is 9.89. The number of hydrogen-bond acceptors (Lipinski definition) is 4. The highest BCUT2D eigenvalue weighted by molar-refractivity contribution is 5.83.